The molecule has 2 aliphatic carbocycles. The van der Waals surface area contributed by atoms with Crippen LogP contribution in [-0.2, 0) is 33.4 Å². The SMILES string of the molecule is CC(C)(C)OC(=O)N1CCCCNC(=O)CNC(=O)[C@@H](NC(=O)OCC2c3ccccc3-c3ccccc32)C/C=C/C[C@H](NC(=O)OCC2c3ccccc3-c3ccccc32)C(=O)NCC(=O)NCCC1. The minimum Gasteiger partial charge on any atom is -0.449 e. The predicted molar refractivity (Wildman–Crippen MR) is 266 cm³/mol. The van der Waals surface area contributed by atoms with Crippen molar-refractivity contribution >= 4 is 41.9 Å². The molecule has 71 heavy (non-hydrogen) atoms. The lowest BCUT2D eigenvalue weighted by atomic mass is 9.98. The number of carbonyl (C=O) groups is 7. The van der Waals surface area contributed by atoms with Crippen molar-refractivity contribution in [1.82, 2.24) is 36.8 Å². The Balaban J connectivity index is 1.04. The summed E-state index contributed by atoms with van der Waals surface area (Å²) in [6.45, 7) is 5.57. The number of nitrogens with zero attached hydrogens (tertiary/aromatic N) is 1. The van der Waals surface area contributed by atoms with E-state index >= 15 is 0 Å². The van der Waals surface area contributed by atoms with Crippen LogP contribution in [0.25, 0.3) is 22.3 Å². The van der Waals surface area contributed by atoms with Gasteiger partial charge in [-0.1, -0.05) is 109 Å². The van der Waals surface area contributed by atoms with Crippen molar-refractivity contribution in [2.45, 2.75) is 82.4 Å². The average molecular weight is 970 g/mol. The van der Waals surface area contributed by atoms with Crippen molar-refractivity contribution in [3.8, 4) is 22.3 Å². The fourth-order valence-electron chi connectivity index (χ4n) is 8.97. The van der Waals surface area contributed by atoms with E-state index in [-0.39, 0.29) is 64.1 Å². The molecular formula is C54H63N7O10. The van der Waals surface area contributed by atoms with Gasteiger partial charge in [0.15, 0.2) is 0 Å². The molecule has 374 valence electrons. The number of hydrogen-bond donors (Lipinski definition) is 6. The molecule has 0 radical (unpaired) electrons. The van der Waals surface area contributed by atoms with Crippen LogP contribution in [0.5, 0.6) is 0 Å². The summed E-state index contributed by atoms with van der Waals surface area (Å²) in [6, 6.07) is 29.2. The predicted octanol–water partition coefficient (Wildman–Crippen LogP) is 6.02. The Morgan fingerprint density at radius 2 is 0.930 bits per heavy atom. The molecule has 0 saturated heterocycles. The summed E-state index contributed by atoms with van der Waals surface area (Å²) in [5.41, 5.74) is 7.52. The van der Waals surface area contributed by atoms with Crippen molar-refractivity contribution in [2.75, 3.05) is 52.5 Å². The van der Waals surface area contributed by atoms with E-state index in [4.69, 9.17) is 14.2 Å². The topological polar surface area (TPSA) is 223 Å². The molecule has 0 aromatic heterocycles. The van der Waals surface area contributed by atoms with E-state index in [2.05, 4.69) is 31.9 Å². The molecule has 0 bridgehead atoms. The highest BCUT2D eigenvalue weighted by Crippen LogP contribution is 2.45. The van der Waals surface area contributed by atoms with Gasteiger partial charge in [-0.05, 0) is 97.4 Å². The van der Waals surface area contributed by atoms with Crippen LogP contribution < -0.4 is 31.9 Å². The molecular weight excluding hydrogens is 907 g/mol. The molecule has 4 aromatic carbocycles. The molecule has 0 saturated carbocycles. The molecule has 4 aromatic rings. The average Bonchev–Trinajstić information content (AvgIpc) is 3.85. The van der Waals surface area contributed by atoms with Gasteiger partial charge in [0.2, 0.25) is 23.6 Å². The van der Waals surface area contributed by atoms with Gasteiger partial charge in [0.1, 0.15) is 30.9 Å². The van der Waals surface area contributed by atoms with E-state index in [1.54, 1.807) is 32.9 Å². The molecule has 17 heteroatoms. The molecule has 7 rings (SSSR count). The second-order valence-corrected chi connectivity index (χ2v) is 18.7. The van der Waals surface area contributed by atoms with E-state index in [1.807, 2.05) is 97.1 Å². The summed E-state index contributed by atoms with van der Waals surface area (Å²) in [5, 5.41) is 16.0. The van der Waals surface area contributed by atoms with Crippen LogP contribution in [-0.4, -0.2) is 117 Å². The summed E-state index contributed by atoms with van der Waals surface area (Å²) in [7, 11) is 0. The lowest BCUT2D eigenvalue weighted by molar-refractivity contribution is -0.127. The summed E-state index contributed by atoms with van der Waals surface area (Å²) in [4.78, 5) is 94.8. The maximum atomic E-state index is 13.7. The largest absolute Gasteiger partial charge is 0.449 e. The van der Waals surface area contributed by atoms with E-state index < -0.39 is 66.1 Å². The first-order valence-corrected chi connectivity index (χ1v) is 24.2. The minimum absolute atomic E-state index is 0.00166. The number of rotatable bonds is 6. The van der Waals surface area contributed by atoms with E-state index in [0.29, 0.717) is 25.8 Å². The highest BCUT2D eigenvalue weighted by Gasteiger charge is 2.32. The van der Waals surface area contributed by atoms with Crippen molar-refractivity contribution in [1.29, 1.82) is 0 Å². The van der Waals surface area contributed by atoms with Crippen LogP contribution in [0.1, 0.15) is 87.0 Å². The molecule has 0 fully saturated rings. The van der Waals surface area contributed by atoms with Gasteiger partial charge in [-0.25, -0.2) is 14.4 Å². The molecule has 0 spiro atoms. The van der Waals surface area contributed by atoms with Gasteiger partial charge in [0, 0.05) is 38.0 Å². The third-order valence-electron chi connectivity index (χ3n) is 12.4. The van der Waals surface area contributed by atoms with E-state index in [9.17, 15) is 33.6 Å². The van der Waals surface area contributed by atoms with Crippen LogP contribution in [0.2, 0.25) is 0 Å². The molecule has 0 unspecified atom stereocenters. The van der Waals surface area contributed by atoms with Crippen LogP contribution in [0, 0.1) is 0 Å². The third-order valence-corrected chi connectivity index (χ3v) is 12.4. The Morgan fingerprint density at radius 3 is 1.34 bits per heavy atom. The summed E-state index contributed by atoms with van der Waals surface area (Å²) < 4.78 is 17.1. The quantitative estimate of drug-likeness (QED) is 0.0974. The van der Waals surface area contributed by atoms with Gasteiger partial charge in [-0.3, -0.25) is 19.2 Å². The van der Waals surface area contributed by atoms with Crippen LogP contribution in [0.3, 0.4) is 0 Å². The minimum atomic E-state index is -1.23. The van der Waals surface area contributed by atoms with Crippen LogP contribution >= 0.6 is 0 Å². The third kappa shape index (κ3) is 14.0. The Bertz CT molecular complexity index is 2520. The number of hydrogen-bond acceptors (Lipinski definition) is 10. The van der Waals surface area contributed by atoms with Crippen LogP contribution in [0.15, 0.2) is 109 Å². The van der Waals surface area contributed by atoms with Crippen molar-refractivity contribution in [3.05, 3.63) is 131 Å². The van der Waals surface area contributed by atoms with Gasteiger partial charge in [-0.2, -0.15) is 0 Å². The molecule has 6 N–H and O–H groups in total. The fourth-order valence-corrected chi connectivity index (χ4v) is 8.97. The molecule has 1 heterocycles. The van der Waals surface area contributed by atoms with Crippen molar-refractivity contribution < 1.29 is 47.8 Å². The smallest absolute Gasteiger partial charge is 0.410 e. The standard InChI is InChI=1S/C54H63N7O10/c1-54(2,3)71-53(68)61-29-15-14-27-55-47(62)31-57-49(64)45(59-51(66)69-33-43-39-21-8-4-17-35(39)36-18-5-9-22-40(36)43)25-12-13-26-46(50(65)58-32-48(63)56-28-16-30-61)60-52(67)70-34-44-41-23-10-6-19-37(41)38-20-7-11-24-42(38)44/h4-13,17-24,43-46H,14-16,25-34H2,1-3H3,(H,55,62)(H,56,63)(H,57,64)(H,58,65)(H,59,66)(H,60,67)/b13-12+/t45-,46-/m0/s1. The highest BCUT2D eigenvalue weighted by atomic mass is 16.6. The monoisotopic (exact) mass is 969 g/mol. The number of benzene rings is 4. The molecule has 17 nitrogen and oxygen atoms in total. The molecule has 1 aliphatic heterocycles. The second kappa shape index (κ2) is 24.2. The lowest BCUT2D eigenvalue weighted by Crippen LogP contribution is -2.49. The number of fused-ring (bicyclic) bond motifs is 6. The fraction of sp³-hybridized carbons (Fsp3) is 0.389. The van der Waals surface area contributed by atoms with E-state index in [0.717, 1.165) is 44.5 Å². The van der Waals surface area contributed by atoms with Gasteiger partial charge in [0.25, 0.3) is 0 Å². The molecule has 3 aliphatic rings. The zero-order chi connectivity index (χ0) is 50.3. The summed E-state index contributed by atoms with van der Waals surface area (Å²) in [6.07, 6.45) is 2.14. The van der Waals surface area contributed by atoms with Crippen molar-refractivity contribution in [3.63, 3.8) is 0 Å². The zero-order valence-corrected chi connectivity index (χ0v) is 40.4. The zero-order valence-electron chi connectivity index (χ0n) is 40.4. The maximum Gasteiger partial charge on any atom is 0.410 e. The van der Waals surface area contributed by atoms with E-state index in [1.165, 1.54) is 4.90 Å². The van der Waals surface area contributed by atoms with Gasteiger partial charge < -0.3 is 51.0 Å². The van der Waals surface area contributed by atoms with Gasteiger partial charge >= 0.3 is 18.3 Å². The first-order valence-electron chi connectivity index (χ1n) is 24.2. The summed E-state index contributed by atoms with van der Waals surface area (Å²) in [5.74, 6) is -2.77. The summed E-state index contributed by atoms with van der Waals surface area (Å²) >= 11 is 0. The van der Waals surface area contributed by atoms with Gasteiger partial charge in [0.05, 0.1) is 13.1 Å². The first kappa shape index (κ1) is 51.2. The van der Waals surface area contributed by atoms with Crippen molar-refractivity contribution in [2.24, 2.45) is 0 Å². The Hall–Kier alpha value is -7.69. The van der Waals surface area contributed by atoms with Gasteiger partial charge in [-0.15, -0.1) is 0 Å². The first-order chi connectivity index (χ1) is 34.3. The Morgan fingerprint density at radius 1 is 0.549 bits per heavy atom. The molecule has 2 atom stereocenters. The number of ether oxygens (including phenoxy) is 3. The second-order valence-electron chi connectivity index (χ2n) is 18.7. The number of nitrogens with one attached hydrogen (secondary N) is 6. The molecule has 7 amide bonds. The number of amides is 7. The highest BCUT2D eigenvalue weighted by molar-refractivity contribution is 5.91. The normalized spacial score (nSPS) is 19.1. The number of alkyl carbamates (subject to hydrolysis) is 2. The Labute approximate surface area is 413 Å². The Kier molecular flexibility index (Phi) is 17.5. The maximum absolute atomic E-state index is 13.7. The lowest BCUT2D eigenvalue weighted by Gasteiger charge is -2.27. The number of carbonyl (C=O) groups excluding carboxylic acids is 7. The van der Waals surface area contributed by atoms with Crippen LogP contribution in [0.4, 0.5) is 14.4 Å².